The minimum Gasteiger partial charge on any atom is -0.320 e. The van der Waals surface area contributed by atoms with E-state index in [1.165, 1.54) is 12.7 Å². The summed E-state index contributed by atoms with van der Waals surface area (Å²) in [6.07, 6.45) is 4.55. The molecule has 0 atom stereocenters. The van der Waals surface area contributed by atoms with Gasteiger partial charge in [-0.05, 0) is 0 Å². The van der Waals surface area contributed by atoms with Crippen molar-refractivity contribution in [3.63, 3.8) is 0 Å². The van der Waals surface area contributed by atoms with Crippen LogP contribution in [-0.2, 0) is 0 Å². The molecule has 0 aliphatic carbocycles. The molecule has 6 heteroatoms. The Morgan fingerprint density at radius 3 is 3.08 bits per heavy atom. The summed E-state index contributed by atoms with van der Waals surface area (Å²) in [5.74, 6) is 1.23. The Hall–Kier alpha value is -2.11. The number of hydrogen-bond acceptors (Lipinski definition) is 5. The Bertz CT molecular complexity index is 483. The number of nitrogens with zero attached hydrogens (tertiary/aromatic N) is 5. The lowest BCUT2D eigenvalue weighted by molar-refractivity contribution is 1.12. The van der Waals surface area contributed by atoms with E-state index < -0.39 is 0 Å². The van der Waals surface area contributed by atoms with E-state index in [1.54, 1.807) is 6.20 Å². The Kier molecular flexibility index (Phi) is 1.08. The highest BCUT2D eigenvalue weighted by molar-refractivity contribution is 5.72. The number of fused-ring (bicyclic) bond motifs is 2. The zero-order valence-electron chi connectivity index (χ0n) is 6.47. The SMILES string of the molecule is c1nc2nc3cncnc3[nH]c-2n1. The highest BCUT2D eigenvalue weighted by atomic mass is 15.1. The van der Waals surface area contributed by atoms with Gasteiger partial charge in [-0.1, -0.05) is 0 Å². The second-order valence-electron chi connectivity index (χ2n) is 2.54. The lowest BCUT2D eigenvalue weighted by atomic mass is 10.4. The van der Waals surface area contributed by atoms with Gasteiger partial charge in [0.05, 0.1) is 6.20 Å². The van der Waals surface area contributed by atoms with Gasteiger partial charge in [0.2, 0.25) is 0 Å². The molecule has 1 N–H and O–H groups in total. The molecule has 0 radical (unpaired) electrons. The van der Waals surface area contributed by atoms with Gasteiger partial charge in [0.1, 0.15) is 18.2 Å². The van der Waals surface area contributed by atoms with E-state index in [0.717, 1.165) is 0 Å². The number of imidazole rings is 1. The molecule has 0 unspecified atom stereocenters. The van der Waals surface area contributed by atoms with Gasteiger partial charge in [0.15, 0.2) is 17.3 Å². The minimum absolute atomic E-state index is 0.585. The third kappa shape index (κ3) is 0.851. The third-order valence-electron chi connectivity index (χ3n) is 1.73. The van der Waals surface area contributed by atoms with Crippen LogP contribution in [0.3, 0.4) is 0 Å². The first-order valence-corrected chi connectivity index (χ1v) is 3.70. The second-order valence-corrected chi connectivity index (χ2v) is 2.54. The van der Waals surface area contributed by atoms with Crippen molar-refractivity contribution >= 4 is 11.2 Å². The number of nitrogens with one attached hydrogen (secondary N) is 1. The van der Waals surface area contributed by atoms with Gasteiger partial charge >= 0.3 is 0 Å². The van der Waals surface area contributed by atoms with E-state index in [4.69, 9.17) is 0 Å². The molecular formula is C7H4N6. The Morgan fingerprint density at radius 2 is 2.08 bits per heavy atom. The normalized spacial score (nSPS) is 11.1. The third-order valence-corrected chi connectivity index (χ3v) is 1.73. The molecule has 0 saturated carbocycles. The van der Waals surface area contributed by atoms with Crippen LogP contribution in [0.2, 0.25) is 0 Å². The number of aromatic amines is 1. The molecule has 0 saturated heterocycles. The molecule has 0 fully saturated rings. The van der Waals surface area contributed by atoms with Crippen LogP contribution in [0.25, 0.3) is 22.8 Å². The van der Waals surface area contributed by atoms with Crippen LogP contribution in [-0.4, -0.2) is 29.9 Å². The van der Waals surface area contributed by atoms with Gasteiger partial charge in [-0.25, -0.2) is 24.9 Å². The monoisotopic (exact) mass is 172 g/mol. The molecule has 6 nitrogen and oxygen atoms in total. The van der Waals surface area contributed by atoms with Crippen LogP contribution < -0.4 is 0 Å². The summed E-state index contributed by atoms with van der Waals surface area (Å²) < 4.78 is 0. The molecule has 0 bridgehead atoms. The summed E-state index contributed by atoms with van der Waals surface area (Å²) in [5.41, 5.74) is 1.36. The molecule has 0 aromatic carbocycles. The molecule has 1 aromatic rings. The highest BCUT2D eigenvalue weighted by Crippen LogP contribution is 2.14. The molecule has 2 aliphatic heterocycles. The van der Waals surface area contributed by atoms with Crippen molar-refractivity contribution < 1.29 is 0 Å². The molecule has 62 valence electrons. The molecule has 1 aromatic heterocycles. The van der Waals surface area contributed by atoms with Gasteiger partial charge < -0.3 is 4.98 Å². The largest absolute Gasteiger partial charge is 0.320 e. The number of aromatic nitrogens is 6. The quantitative estimate of drug-likeness (QED) is 0.525. The van der Waals surface area contributed by atoms with Crippen LogP contribution in [0.1, 0.15) is 0 Å². The second kappa shape index (κ2) is 2.19. The fraction of sp³-hybridized carbons (Fsp3) is 0. The summed E-state index contributed by atoms with van der Waals surface area (Å²) >= 11 is 0. The maximum absolute atomic E-state index is 4.21. The minimum atomic E-state index is 0.585. The van der Waals surface area contributed by atoms with Crippen LogP contribution in [0.4, 0.5) is 0 Å². The summed E-state index contributed by atoms with van der Waals surface area (Å²) in [7, 11) is 0. The molecule has 2 aliphatic rings. The van der Waals surface area contributed by atoms with E-state index in [1.807, 2.05) is 0 Å². The average Bonchev–Trinajstić information content (AvgIpc) is 2.61. The maximum Gasteiger partial charge on any atom is 0.198 e. The molecule has 0 spiro atoms. The Morgan fingerprint density at radius 1 is 1.08 bits per heavy atom. The first-order valence-electron chi connectivity index (χ1n) is 3.70. The number of rotatable bonds is 0. The van der Waals surface area contributed by atoms with Gasteiger partial charge in [-0.15, -0.1) is 0 Å². The fourth-order valence-corrected chi connectivity index (χ4v) is 1.16. The molecule has 3 rings (SSSR count). The number of hydrogen-bond donors (Lipinski definition) is 1. The van der Waals surface area contributed by atoms with Gasteiger partial charge in [-0.3, -0.25) is 0 Å². The average molecular weight is 172 g/mol. The predicted molar refractivity (Wildman–Crippen MR) is 43.9 cm³/mol. The Labute approximate surface area is 72.5 Å². The first-order chi connectivity index (χ1) is 6.43. The van der Waals surface area contributed by atoms with Crippen molar-refractivity contribution in [1.29, 1.82) is 0 Å². The predicted octanol–water partition coefficient (Wildman–Crippen LogP) is 0.248. The summed E-state index contributed by atoms with van der Waals surface area (Å²) in [4.78, 5) is 23.0. The van der Waals surface area contributed by atoms with E-state index in [0.29, 0.717) is 22.8 Å². The van der Waals surface area contributed by atoms with Gasteiger partial charge in [0, 0.05) is 0 Å². The molecular weight excluding hydrogens is 168 g/mol. The van der Waals surface area contributed by atoms with Crippen LogP contribution in [0, 0.1) is 0 Å². The standard InChI is InChI=1S/C7H4N6/c1-4-5(9-2-8-1)13-7-6(12-4)10-3-11-7/h1-3H,(H,8,9,10,11,12,13). The fourth-order valence-electron chi connectivity index (χ4n) is 1.16. The van der Waals surface area contributed by atoms with Crippen molar-refractivity contribution in [3.05, 3.63) is 18.9 Å². The van der Waals surface area contributed by atoms with Gasteiger partial charge in [-0.2, -0.15) is 0 Å². The van der Waals surface area contributed by atoms with Gasteiger partial charge in [0.25, 0.3) is 0 Å². The zero-order valence-corrected chi connectivity index (χ0v) is 6.47. The van der Waals surface area contributed by atoms with Crippen molar-refractivity contribution in [3.8, 4) is 11.6 Å². The van der Waals surface area contributed by atoms with E-state index in [9.17, 15) is 0 Å². The van der Waals surface area contributed by atoms with Crippen molar-refractivity contribution in [2.45, 2.75) is 0 Å². The maximum atomic E-state index is 4.21. The highest BCUT2D eigenvalue weighted by Gasteiger charge is 2.08. The smallest absolute Gasteiger partial charge is 0.198 e. The lowest BCUT2D eigenvalue weighted by Crippen LogP contribution is -1.94. The number of H-pyrrole nitrogens is 1. The summed E-state index contributed by atoms with van der Waals surface area (Å²) in [6, 6.07) is 0. The zero-order chi connectivity index (χ0) is 8.67. The molecule has 3 heterocycles. The van der Waals surface area contributed by atoms with E-state index in [-0.39, 0.29) is 0 Å². The summed E-state index contributed by atoms with van der Waals surface area (Å²) in [5, 5.41) is 0. The van der Waals surface area contributed by atoms with Crippen molar-refractivity contribution in [2.24, 2.45) is 0 Å². The first kappa shape index (κ1) is 6.41. The topological polar surface area (TPSA) is 80.2 Å². The van der Waals surface area contributed by atoms with Crippen LogP contribution >= 0.6 is 0 Å². The lowest BCUT2D eigenvalue weighted by Gasteiger charge is -1.97. The Balaban J connectivity index is 2.52. The van der Waals surface area contributed by atoms with E-state index in [2.05, 4.69) is 29.9 Å². The van der Waals surface area contributed by atoms with Crippen LogP contribution in [0.5, 0.6) is 0 Å². The van der Waals surface area contributed by atoms with E-state index >= 15 is 0 Å². The summed E-state index contributed by atoms with van der Waals surface area (Å²) in [6.45, 7) is 0. The van der Waals surface area contributed by atoms with Crippen LogP contribution in [0.15, 0.2) is 18.9 Å². The molecule has 0 amide bonds. The van der Waals surface area contributed by atoms with Crippen molar-refractivity contribution in [2.75, 3.05) is 0 Å². The van der Waals surface area contributed by atoms with Crippen molar-refractivity contribution in [1.82, 2.24) is 29.9 Å². The molecule has 13 heavy (non-hydrogen) atoms.